The van der Waals surface area contributed by atoms with Crippen molar-refractivity contribution in [2.75, 3.05) is 7.11 Å². The summed E-state index contributed by atoms with van der Waals surface area (Å²) in [6, 6.07) is 0. The maximum atomic E-state index is 13.4. The number of allylic oxidation sites excluding steroid dienone is 1. The fourth-order valence-corrected chi connectivity index (χ4v) is 5.12. The summed E-state index contributed by atoms with van der Waals surface area (Å²) in [4.78, 5) is 30.8. The number of carbonyl (C=O) groups is 2. The zero-order valence-corrected chi connectivity index (χ0v) is 22.5. The van der Waals surface area contributed by atoms with Crippen molar-refractivity contribution in [2.45, 2.75) is 92.0 Å². The first-order valence-corrected chi connectivity index (χ1v) is 13.0. The highest BCUT2D eigenvalue weighted by molar-refractivity contribution is 7.09. The number of hydrogen-bond donors (Lipinski definition) is 1. The molecule has 0 spiro atoms. The van der Waals surface area contributed by atoms with Crippen molar-refractivity contribution in [2.24, 2.45) is 17.3 Å². The minimum absolute atomic E-state index is 0.00140. The number of rotatable bonds is 3. The van der Waals surface area contributed by atoms with Crippen LogP contribution in [0.15, 0.2) is 23.1 Å². The van der Waals surface area contributed by atoms with E-state index in [9.17, 15) is 14.7 Å². The largest absolute Gasteiger partial charge is 0.457 e. The molecule has 0 fully saturated rings. The lowest BCUT2D eigenvalue weighted by molar-refractivity contribution is -0.155. The summed E-state index contributed by atoms with van der Waals surface area (Å²) in [5.41, 5.74) is 0.817. The molecule has 0 aromatic carbocycles. The van der Waals surface area contributed by atoms with Gasteiger partial charge in [0.15, 0.2) is 0 Å². The van der Waals surface area contributed by atoms with Gasteiger partial charge in [0.2, 0.25) is 0 Å². The summed E-state index contributed by atoms with van der Waals surface area (Å²) < 4.78 is 11.5. The maximum Gasteiger partial charge on any atom is 0.309 e. The highest BCUT2D eigenvalue weighted by Gasteiger charge is 2.43. The molecule has 2 rings (SSSR count). The lowest BCUT2D eigenvalue weighted by atomic mass is 9.73. The second-order valence-electron chi connectivity index (χ2n) is 10.1. The highest BCUT2D eigenvalue weighted by atomic mass is 32.1. The van der Waals surface area contributed by atoms with E-state index in [0.717, 1.165) is 35.5 Å². The van der Waals surface area contributed by atoms with Gasteiger partial charge in [0.1, 0.15) is 11.9 Å². The average Bonchev–Trinajstić information content (AvgIpc) is 3.20. The van der Waals surface area contributed by atoms with Crippen molar-refractivity contribution >= 4 is 29.2 Å². The molecular formula is C27H41NO5S. The van der Waals surface area contributed by atoms with Crippen LogP contribution in [0.25, 0.3) is 6.08 Å². The summed E-state index contributed by atoms with van der Waals surface area (Å²) in [6.07, 6.45) is 7.42. The first kappa shape index (κ1) is 28.4. The third-order valence-corrected chi connectivity index (χ3v) is 7.72. The van der Waals surface area contributed by atoms with Crippen molar-refractivity contribution in [3.8, 4) is 0 Å². The molecular weight excluding hydrogens is 450 g/mol. The van der Waals surface area contributed by atoms with Gasteiger partial charge in [-0.3, -0.25) is 9.59 Å². The van der Waals surface area contributed by atoms with Gasteiger partial charge in [-0.25, -0.2) is 4.98 Å². The number of ketones is 1. The molecule has 1 aliphatic rings. The SMILES string of the molecule is COC1CC(=O)OC(/C(C)=C/c2csc(C)n2)C/C=C\CCCC(C)C(O)C(C)C(=O)C1(C)C. The fraction of sp³-hybridized carbons (Fsp3) is 0.667. The average molecular weight is 492 g/mol. The van der Waals surface area contributed by atoms with Gasteiger partial charge in [0, 0.05) is 24.8 Å². The minimum Gasteiger partial charge on any atom is -0.457 e. The number of aliphatic hydroxyl groups is 1. The molecule has 2 heterocycles. The van der Waals surface area contributed by atoms with E-state index in [0.29, 0.717) is 6.42 Å². The number of cyclic esters (lactones) is 1. The molecule has 1 aliphatic heterocycles. The van der Waals surface area contributed by atoms with E-state index in [4.69, 9.17) is 9.47 Å². The summed E-state index contributed by atoms with van der Waals surface area (Å²) in [7, 11) is 1.50. The number of aliphatic hydroxyl groups excluding tert-OH is 1. The zero-order valence-electron chi connectivity index (χ0n) is 21.7. The Hall–Kier alpha value is -1.83. The van der Waals surface area contributed by atoms with E-state index >= 15 is 0 Å². The molecule has 0 bridgehead atoms. The van der Waals surface area contributed by atoms with E-state index in [1.54, 1.807) is 32.1 Å². The molecule has 0 aliphatic carbocycles. The normalized spacial score (nSPS) is 31.2. The number of Topliss-reactive ketones (excluding diaryl/α,β-unsaturated/α-hetero) is 1. The highest BCUT2D eigenvalue weighted by Crippen LogP contribution is 2.33. The van der Waals surface area contributed by atoms with Crippen LogP contribution >= 0.6 is 11.3 Å². The first-order valence-electron chi connectivity index (χ1n) is 12.2. The Balaban J connectivity index is 2.32. The summed E-state index contributed by atoms with van der Waals surface area (Å²) in [6.45, 7) is 11.2. The number of aryl methyl sites for hydroxylation is 1. The number of carbonyl (C=O) groups excluding carboxylic acids is 2. The van der Waals surface area contributed by atoms with Crippen LogP contribution in [-0.2, 0) is 19.1 Å². The molecule has 34 heavy (non-hydrogen) atoms. The molecule has 0 amide bonds. The van der Waals surface area contributed by atoms with Crippen LogP contribution in [0.3, 0.4) is 0 Å². The molecule has 1 aromatic rings. The molecule has 0 saturated heterocycles. The number of ether oxygens (including phenoxy) is 2. The third-order valence-electron chi connectivity index (χ3n) is 6.93. The van der Waals surface area contributed by atoms with Crippen molar-refractivity contribution in [1.82, 2.24) is 4.98 Å². The summed E-state index contributed by atoms with van der Waals surface area (Å²) >= 11 is 1.58. The molecule has 5 unspecified atom stereocenters. The Labute approximate surface area is 208 Å². The Kier molecular flexibility index (Phi) is 10.7. The molecule has 5 atom stereocenters. The molecule has 0 radical (unpaired) electrons. The zero-order chi connectivity index (χ0) is 25.5. The van der Waals surface area contributed by atoms with Crippen LogP contribution in [0, 0.1) is 24.2 Å². The number of esters is 1. The van der Waals surface area contributed by atoms with E-state index in [1.807, 2.05) is 32.2 Å². The molecule has 1 N–H and O–H groups in total. The Bertz CT molecular complexity index is 887. The van der Waals surface area contributed by atoms with Crippen LogP contribution in [0.2, 0.25) is 0 Å². The number of nitrogens with zero attached hydrogens (tertiary/aromatic N) is 1. The van der Waals surface area contributed by atoms with Gasteiger partial charge in [-0.05, 0) is 50.7 Å². The van der Waals surface area contributed by atoms with Crippen molar-refractivity contribution in [3.05, 3.63) is 33.8 Å². The van der Waals surface area contributed by atoms with E-state index in [-0.39, 0.29) is 18.1 Å². The van der Waals surface area contributed by atoms with Gasteiger partial charge < -0.3 is 14.6 Å². The second-order valence-corrected chi connectivity index (χ2v) is 11.1. The quantitative estimate of drug-likeness (QED) is 0.442. The lowest BCUT2D eigenvalue weighted by Gasteiger charge is -2.36. The minimum atomic E-state index is -0.955. The molecule has 0 saturated carbocycles. The molecule has 1 aromatic heterocycles. The number of hydrogen-bond acceptors (Lipinski definition) is 7. The van der Waals surface area contributed by atoms with Crippen LogP contribution in [-0.4, -0.2) is 47.3 Å². The van der Waals surface area contributed by atoms with Gasteiger partial charge in [-0.2, -0.15) is 0 Å². The number of thiazole rings is 1. The van der Waals surface area contributed by atoms with Crippen LogP contribution in [0.1, 0.15) is 77.4 Å². The van der Waals surface area contributed by atoms with E-state index in [1.165, 1.54) is 7.11 Å². The third kappa shape index (κ3) is 7.59. The van der Waals surface area contributed by atoms with Crippen LogP contribution in [0.5, 0.6) is 0 Å². The molecule has 7 heteroatoms. The standard InChI is InChI=1S/C27H41NO5S/c1-17-12-10-8-9-11-13-22(18(2)14-21-16-34-20(4)28-21)33-24(29)15-23(32-7)27(5,6)26(31)19(3)25(17)30/h9,11,14,16-17,19,22-23,25,30H,8,10,12-13,15H2,1-7H3/b11-9-,18-14+. The van der Waals surface area contributed by atoms with Gasteiger partial charge in [-0.15, -0.1) is 11.3 Å². The van der Waals surface area contributed by atoms with Crippen molar-refractivity contribution in [1.29, 1.82) is 0 Å². The van der Waals surface area contributed by atoms with Crippen molar-refractivity contribution < 1.29 is 24.2 Å². The van der Waals surface area contributed by atoms with Gasteiger partial charge in [0.25, 0.3) is 0 Å². The fourth-order valence-electron chi connectivity index (χ4n) is 4.55. The predicted octanol–water partition coefficient (Wildman–Crippen LogP) is 5.53. The Morgan fingerprint density at radius 2 is 2.00 bits per heavy atom. The van der Waals surface area contributed by atoms with E-state index in [2.05, 4.69) is 17.1 Å². The van der Waals surface area contributed by atoms with Crippen LogP contribution in [0.4, 0.5) is 0 Å². The smallest absolute Gasteiger partial charge is 0.309 e. The number of aromatic nitrogens is 1. The molecule has 190 valence electrons. The van der Waals surface area contributed by atoms with Gasteiger partial charge in [-0.1, -0.05) is 39.8 Å². The van der Waals surface area contributed by atoms with E-state index < -0.39 is 35.6 Å². The topological polar surface area (TPSA) is 85.7 Å². The van der Waals surface area contributed by atoms with Gasteiger partial charge in [0.05, 0.1) is 34.7 Å². The monoisotopic (exact) mass is 491 g/mol. The summed E-state index contributed by atoms with van der Waals surface area (Å²) in [5, 5.41) is 13.8. The number of methoxy groups -OCH3 is 1. The maximum absolute atomic E-state index is 13.4. The first-order chi connectivity index (χ1) is 16.0. The van der Waals surface area contributed by atoms with Crippen molar-refractivity contribution in [3.63, 3.8) is 0 Å². The lowest BCUT2D eigenvalue weighted by Crippen LogP contribution is -2.46. The Morgan fingerprint density at radius 1 is 1.29 bits per heavy atom. The second kappa shape index (κ2) is 12.8. The van der Waals surface area contributed by atoms with Crippen LogP contribution < -0.4 is 0 Å². The van der Waals surface area contributed by atoms with Gasteiger partial charge >= 0.3 is 5.97 Å². The molecule has 6 nitrogen and oxygen atoms in total. The Morgan fingerprint density at radius 3 is 2.62 bits per heavy atom. The predicted molar refractivity (Wildman–Crippen MR) is 137 cm³/mol. The summed E-state index contributed by atoms with van der Waals surface area (Å²) in [5.74, 6) is -1.07.